The van der Waals surface area contributed by atoms with Crippen molar-refractivity contribution in [3.63, 3.8) is 0 Å². The first kappa shape index (κ1) is 15.4. The van der Waals surface area contributed by atoms with Crippen LogP contribution in [0.5, 0.6) is 0 Å². The van der Waals surface area contributed by atoms with E-state index in [0.717, 1.165) is 44.1 Å². The average Bonchev–Trinajstić information content (AvgIpc) is 2.58. The predicted octanol–water partition coefficient (Wildman–Crippen LogP) is 0.946. The fraction of sp³-hybridized carbons (Fsp3) is 0.353. The molecule has 6 heteroatoms. The first-order chi connectivity index (χ1) is 11.2. The van der Waals surface area contributed by atoms with Gasteiger partial charge in [0.15, 0.2) is 0 Å². The minimum Gasteiger partial charge on any atom is -0.397 e. The van der Waals surface area contributed by atoms with Crippen LogP contribution >= 0.6 is 0 Å². The lowest BCUT2D eigenvalue weighted by molar-refractivity contribution is -0.132. The molecule has 2 aromatic rings. The van der Waals surface area contributed by atoms with Crippen molar-refractivity contribution in [2.45, 2.75) is 13.0 Å². The number of hydrogen-bond acceptors (Lipinski definition) is 5. The van der Waals surface area contributed by atoms with Gasteiger partial charge in [0.2, 0.25) is 5.91 Å². The molecule has 3 heterocycles. The zero-order valence-corrected chi connectivity index (χ0v) is 13.1. The Morgan fingerprint density at radius 2 is 1.87 bits per heavy atom. The van der Waals surface area contributed by atoms with Gasteiger partial charge >= 0.3 is 0 Å². The van der Waals surface area contributed by atoms with Gasteiger partial charge in [0.05, 0.1) is 24.0 Å². The number of piperazine rings is 1. The van der Waals surface area contributed by atoms with Gasteiger partial charge in [-0.15, -0.1) is 0 Å². The van der Waals surface area contributed by atoms with Crippen molar-refractivity contribution in [2.75, 3.05) is 31.9 Å². The molecule has 2 aromatic heterocycles. The lowest BCUT2D eigenvalue weighted by atomic mass is 10.2. The number of carbonyl (C=O) groups is 1. The fourth-order valence-corrected chi connectivity index (χ4v) is 2.68. The van der Waals surface area contributed by atoms with Crippen LogP contribution in [0.25, 0.3) is 0 Å². The summed E-state index contributed by atoms with van der Waals surface area (Å²) in [7, 11) is 0. The van der Waals surface area contributed by atoms with Crippen LogP contribution < -0.4 is 5.73 Å². The van der Waals surface area contributed by atoms with E-state index in [1.165, 1.54) is 0 Å². The summed E-state index contributed by atoms with van der Waals surface area (Å²) in [6.07, 6.45) is 3.74. The number of carbonyl (C=O) groups excluding carboxylic acids is 1. The SMILES string of the molecule is Nc1ccc(CC(=O)N2CCN(Cc3ccccn3)CC2)nc1. The van der Waals surface area contributed by atoms with Gasteiger partial charge in [-0.1, -0.05) is 6.07 Å². The van der Waals surface area contributed by atoms with Gasteiger partial charge in [-0.25, -0.2) is 0 Å². The Morgan fingerprint density at radius 1 is 1.04 bits per heavy atom. The Bertz CT molecular complexity index is 636. The van der Waals surface area contributed by atoms with E-state index >= 15 is 0 Å². The maximum atomic E-state index is 12.3. The molecule has 1 saturated heterocycles. The van der Waals surface area contributed by atoms with E-state index in [1.807, 2.05) is 35.4 Å². The van der Waals surface area contributed by atoms with Gasteiger partial charge < -0.3 is 10.6 Å². The number of rotatable bonds is 4. The number of aromatic nitrogens is 2. The van der Waals surface area contributed by atoms with Crippen molar-refractivity contribution >= 4 is 11.6 Å². The van der Waals surface area contributed by atoms with Crippen molar-refractivity contribution < 1.29 is 4.79 Å². The summed E-state index contributed by atoms with van der Waals surface area (Å²) in [6.45, 7) is 4.08. The molecule has 0 spiro atoms. The van der Waals surface area contributed by atoms with Crippen molar-refractivity contribution in [3.05, 3.63) is 54.1 Å². The van der Waals surface area contributed by atoms with E-state index < -0.39 is 0 Å². The molecule has 0 atom stereocenters. The molecule has 6 nitrogen and oxygen atoms in total. The average molecular weight is 311 g/mol. The van der Waals surface area contributed by atoms with Crippen molar-refractivity contribution in [1.29, 1.82) is 0 Å². The molecule has 0 bridgehead atoms. The number of nitrogens with two attached hydrogens (primary N) is 1. The number of nitrogens with zero attached hydrogens (tertiary/aromatic N) is 4. The highest BCUT2D eigenvalue weighted by molar-refractivity contribution is 5.78. The van der Waals surface area contributed by atoms with E-state index in [4.69, 9.17) is 5.73 Å². The molecule has 120 valence electrons. The third-order valence-electron chi connectivity index (χ3n) is 4.02. The Balaban J connectivity index is 1.48. The molecule has 23 heavy (non-hydrogen) atoms. The summed E-state index contributed by atoms with van der Waals surface area (Å²) in [5.41, 5.74) is 8.06. The van der Waals surface area contributed by atoms with Crippen LogP contribution in [0.15, 0.2) is 42.7 Å². The van der Waals surface area contributed by atoms with Gasteiger partial charge in [-0.2, -0.15) is 0 Å². The lowest BCUT2D eigenvalue weighted by Gasteiger charge is -2.34. The van der Waals surface area contributed by atoms with Gasteiger partial charge in [-0.3, -0.25) is 19.7 Å². The maximum Gasteiger partial charge on any atom is 0.228 e. The molecule has 0 aliphatic carbocycles. The van der Waals surface area contributed by atoms with Crippen LogP contribution in [0.3, 0.4) is 0 Å². The summed E-state index contributed by atoms with van der Waals surface area (Å²) in [5, 5.41) is 0. The Morgan fingerprint density at radius 3 is 2.52 bits per heavy atom. The van der Waals surface area contributed by atoms with E-state index in [-0.39, 0.29) is 5.91 Å². The van der Waals surface area contributed by atoms with Crippen LogP contribution in [0.1, 0.15) is 11.4 Å². The smallest absolute Gasteiger partial charge is 0.228 e. The molecule has 1 fully saturated rings. The third-order valence-corrected chi connectivity index (χ3v) is 4.02. The normalized spacial score (nSPS) is 15.6. The van der Waals surface area contributed by atoms with Gasteiger partial charge in [0.1, 0.15) is 0 Å². The van der Waals surface area contributed by atoms with Crippen LogP contribution in [0, 0.1) is 0 Å². The topological polar surface area (TPSA) is 75.4 Å². The second kappa shape index (κ2) is 7.19. The van der Waals surface area contributed by atoms with E-state index in [2.05, 4.69) is 14.9 Å². The number of anilines is 1. The van der Waals surface area contributed by atoms with Crippen LogP contribution in [0.4, 0.5) is 5.69 Å². The zero-order valence-electron chi connectivity index (χ0n) is 13.1. The summed E-state index contributed by atoms with van der Waals surface area (Å²) in [6, 6.07) is 9.54. The molecule has 0 aromatic carbocycles. The van der Waals surface area contributed by atoms with E-state index in [0.29, 0.717) is 12.1 Å². The minimum absolute atomic E-state index is 0.125. The standard InChI is InChI=1S/C17H21N5O/c18-14-4-5-15(20-12-14)11-17(23)22-9-7-21(8-10-22)13-16-3-1-2-6-19-16/h1-6,12H,7-11,13,18H2. The highest BCUT2D eigenvalue weighted by Gasteiger charge is 2.21. The second-order valence-electron chi connectivity index (χ2n) is 5.74. The van der Waals surface area contributed by atoms with Gasteiger partial charge in [0.25, 0.3) is 0 Å². The molecule has 0 saturated carbocycles. The summed E-state index contributed by atoms with van der Waals surface area (Å²) < 4.78 is 0. The molecule has 1 aliphatic rings. The van der Waals surface area contributed by atoms with Crippen molar-refractivity contribution in [3.8, 4) is 0 Å². The number of amides is 1. The molecule has 0 unspecified atom stereocenters. The molecule has 1 aliphatic heterocycles. The first-order valence-corrected chi connectivity index (χ1v) is 7.81. The number of pyridine rings is 2. The Hall–Kier alpha value is -2.47. The van der Waals surface area contributed by atoms with Crippen molar-refractivity contribution in [1.82, 2.24) is 19.8 Å². The minimum atomic E-state index is 0.125. The van der Waals surface area contributed by atoms with E-state index in [1.54, 1.807) is 12.3 Å². The Kier molecular flexibility index (Phi) is 4.83. The van der Waals surface area contributed by atoms with Crippen molar-refractivity contribution in [2.24, 2.45) is 0 Å². The lowest BCUT2D eigenvalue weighted by Crippen LogP contribution is -2.48. The molecule has 1 amide bonds. The number of hydrogen-bond donors (Lipinski definition) is 1. The predicted molar refractivity (Wildman–Crippen MR) is 88.4 cm³/mol. The van der Waals surface area contributed by atoms with Gasteiger partial charge in [0, 0.05) is 44.6 Å². The fourth-order valence-electron chi connectivity index (χ4n) is 2.68. The van der Waals surface area contributed by atoms with Crippen LogP contribution in [0.2, 0.25) is 0 Å². The molecular formula is C17H21N5O. The highest BCUT2D eigenvalue weighted by atomic mass is 16.2. The van der Waals surface area contributed by atoms with Gasteiger partial charge in [-0.05, 0) is 24.3 Å². The monoisotopic (exact) mass is 311 g/mol. The number of nitrogen functional groups attached to an aromatic ring is 1. The quantitative estimate of drug-likeness (QED) is 0.910. The molecule has 3 rings (SSSR count). The second-order valence-corrected chi connectivity index (χ2v) is 5.74. The molecular weight excluding hydrogens is 290 g/mol. The van der Waals surface area contributed by atoms with E-state index in [9.17, 15) is 4.79 Å². The first-order valence-electron chi connectivity index (χ1n) is 7.81. The van der Waals surface area contributed by atoms with Crippen LogP contribution in [-0.4, -0.2) is 51.9 Å². The summed E-state index contributed by atoms with van der Waals surface area (Å²) in [5.74, 6) is 0.125. The highest BCUT2D eigenvalue weighted by Crippen LogP contribution is 2.09. The largest absolute Gasteiger partial charge is 0.397 e. The Labute approximate surface area is 135 Å². The maximum absolute atomic E-state index is 12.3. The molecule has 2 N–H and O–H groups in total. The third kappa shape index (κ3) is 4.26. The summed E-state index contributed by atoms with van der Waals surface area (Å²) in [4.78, 5) is 25.1. The van der Waals surface area contributed by atoms with Crippen LogP contribution in [-0.2, 0) is 17.8 Å². The zero-order chi connectivity index (χ0) is 16.1. The summed E-state index contributed by atoms with van der Waals surface area (Å²) >= 11 is 0. The molecule has 0 radical (unpaired) electrons.